The lowest BCUT2D eigenvalue weighted by Crippen LogP contribution is -2.33. The quantitative estimate of drug-likeness (QED) is 0.856. The molecular formula is C17H19FN4O. The van der Waals surface area contributed by atoms with E-state index in [4.69, 9.17) is 0 Å². The van der Waals surface area contributed by atoms with Gasteiger partial charge in [-0.3, -0.25) is 4.79 Å². The van der Waals surface area contributed by atoms with Crippen molar-refractivity contribution in [3.05, 3.63) is 47.3 Å². The van der Waals surface area contributed by atoms with E-state index in [-0.39, 0.29) is 17.8 Å². The Morgan fingerprint density at radius 1 is 1.09 bits per heavy atom. The summed E-state index contributed by atoms with van der Waals surface area (Å²) < 4.78 is 15.1. The number of hydrogen-bond donors (Lipinski definition) is 0. The average Bonchev–Trinajstić information content (AvgIpc) is 3.22. The lowest BCUT2D eigenvalue weighted by atomic mass is 10.0. The number of nitrogens with zero attached hydrogens (tertiary/aromatic N) is 4. The fourth-order valence-corrected chi connectivity index (χ4v) is 3.64. The molecule has 0 bridgehead atoms. The van der Waals surface area contributed by atoms with Gasteiger partial charge in [0.25, 0.3) is 5.91 Å². The summed E-state index contributed by atoms with van der Waals surface area (Å²) in [5.41, 5.74) is 0.982. The van der Waals surface area contributed by atoms with Crippen molar-refractivity contribution in [2.75, 3.05) is 6.54 Å². The van der Waals surface area contributed by atoms with Gasteiger partial charge in [-0.1, -0.05) is 12.1 Å². The molecule has 0 N–H and O–H groups in total. The molecule has 4 rings (SSSR count). The maximum absolute atomic E-state index is 13.1. The normalized spacial score (nSPS) is 20.6. The second-order valence-electron chi connectivity index (χ2n) is 6.26. The zero-order valence-electron chi connectivity index (χ0n) is 12.9. The molecule has 1 atom stereocenters. The van der Waals surface area contributed by atoms with Gasteiger partial charge >= 0.3 is 0 Å². The van der Waals surface area contributed by atoms with Gasteiger partial charge in [0.2, 0.25) is 5.82 Å². The number of benzene rings is 1. The Morgan fingerprint density at radius 2 is 1.91 bits per heavy atom. The Morgan fingerprint density at radius 3 is 2.74 bits per heavy atom. The van der Waals surface area contributed by atoms with Crippen LogP contribution in [0.2, 0.25) is 0 Å². The number of halogens is 1. The van der Waals surface area contributed by atoms with Crippen LogP contribution in [0.25, 0.3) is 0 Å². The van der Waals surface area contributed by atoms with Gasteiger partial charge in [0.15, 0.2) is 0 Å². The fourth-order valence-electron chi connectivity index (χ4n) is 3.64. The number of hydrogen-bond acceptors (Lipinski definition) is 3. The highest BCUT2D eigenvalue weighted by molar-refractivity contribution is 5.91. The average molecular weight is 314 g/mol. The number of likely N-dealkylation sites (tertiary alicyclic amines) is 1. The molecular weight excluding hydrogens is 295 g/mol. The molecule has 1 amide bonds. The summed E-state index contributed by atoms with van der Waals surface area (Å²) in [6, 6.07) is 6.44. The molecule has 5 nitrogen and oxygen atoms in total. The van der Waals surface area contributed by atoms with E-state index in [9.17, 15) is 9.18 Å². The molecule has 2 aromatic rings. The first-order valence-electron chi connectivity index (χ1n) is 8.22. The molecule has 6 heteroatoms. The van der Waals surface area contributed by atoms with E-state index in [0.717, 1.165) is 50.0 Å². The summed E-state index contributed by atoms with van der Waals surface area (Å²) in [7, 11) is 0. The SMILES string of the molecule is O=C(c1nnc2n1CCCC2)N1CCC[C@H]1c1ccc(F)cc1. The van der Waals surface area contributed by atoms with Crippen molar-refractivity contribution in [3.8, 4) is 0 Å². The van der Waals surface area contributed by atoms with Gasteiger partial charge in [-0.15, -0.1) is 10.2 Å². The zero-order valence-corrected chi connectivity index (χ0v) is 12.9. The number of aromatic nitrogens is 3. The van der Waals surface area contributed by atoms with Crippen LogP contribution in [-0.2, 0) is 13.0 Å². The van der Waals surface area contributed by atoms with Crippen LogP contribution in [0.1, 0.15) is 53.7 Å². The van der Waals surface area contributed by atoms with Gasteiger partial charge in [-0.25, -0.2) is 4.39 Å². The minimum Gasteiger partial charge on any atom is -0.329 e. The number of fused-ring (bicyclic) bond motifs is 1. The van der Waals surface area contributed by atoms with E-state index < -0.39 is 0 Å². The van der Waals surface area contributed by atoms with Gasteiger partial charge in [0, 0.05) is 19.5 Å². The predicted octanol–water partition coefficient (Wildman–Crippen LogP) is 2.73. The first-order chi connectivity index (χ1) is 11.2. The second-order valence-corrected chi connectivity index (χ2v) is 6.26. The number of amides is 1. The van der Waals surface area contributed by atoms with Crippen molar-refractivity contribution < 1.29 is 9.18 Å². The molecule has 1 aromatic carbocycles. The monoisotopic (exact) mass is 314 g/mol. The van der Waals surface area contributed by atoms with Crippen LogP contribution in [0.4, 0.5) is 4.39 Å². The van der Waals surface area contributed by atoms with E-state index in [2.05, 4.69) is 10.2 Å². The third-order valence-corrected chi connectivity index (χ3v) is 4.82. The third-order valence-electron chi connectivity index (χ3n) is 4.82. The first-order valence-corrected chi connectivity index (χ1v) is 8.22. The zero-order chi connectivity index (χ0) is 15.8. The molecule has 0 radical (unpaired) electrons. The van der Waals surface area contributed by atoms with Crippen molar-refractivity contribution >= 4 is 5.91 Å². The van der Waals surface area contributed by atoms with Crippen LogP contribution < -0.4 is 0 Å². The predicted molar refractivity (Wildman–Crippen MR) is 82.4 cm³/mol. The number of aryl methyl sites for hydroxylation is 1. The molecule has 0 spiro atoms. The summed E-state index contributed by atoms with van der Waals surface area (Å²) >= 11 is 0. The van der Waals surface area contributed by atoms with E-state index in [1.807, 2.05) is 9.47 Å². The molecule has 1 aromatic heterocycles. The number of rotatable bonds is 2. The van der Waals surface area contributed by atoms with Gasteiger partial charge in [0.1, 0.15) is 11.6 Å². The number of carbonyl (C=O) groups is 1. The molecule has 23 heavy (non-hydrogen) atoms. The molecule has 120 valence electrons. The van der Waals surface area contributed by atoms with Crippen LogP contribution in [0.3, 0.4) is 0 Å². The molecule has 1 saturated heterocycles. The topological polar surface area (TPSA) is 51.0 Å². The van der Waals surface area contributed by atoms with E-state index in [1.54, 1.807) is 12.1 Å². The Hall–Kier alpha value is -2.24. The molecule has 2 aliphatic heterocycles. The van der Waals surface area contributed by atoms with Gasteiger partial charge < -0.3 is 9.47 Å². The largest absolute Gasteiger partial charge is 0.329 e. The Labute approximate surface area is 134 Å². The molecule has 2 aliphatic rings. The minimum absolute atomic E-state index is 0.000333. The number of carbonyl (C=O) groups excluding carboxylic acids is 1. The fraction of sp³-hybridized carbons (Fsp3) is 0.471. The minimum atomic E-state index is -0.254. The summed E-state index contributed by atoms with van der Waals surface area (Å²) in [5, 5.41) is 8.32. The highest BCUT2D eigenvalue weighted by Crippen LogP contribution is 2.33. The van der Waals surface area contributed by atoms with E-state index in [1.165, 1.54) is 12.1 Å². The van der Waals surface area contributed by atoms with Crippen molar-refractivity contribution in [1.82, 2.24) is 19.7 Å². The third kappa shape index (κ3) is 2.52. The van der Waals surface area contributed by atoms with Crippen LogP contribution in [0.5, 0.6) is 0 Å². The van der Waals surface area contributed by atoms with Crippen molar-refractivity contribution in [2.45, 2.75) is 44.7 Å². The van der Waals surface area contributed by atoms with Crippen LogP contribution in [0, 0.1) is 5.82 Å². The van der Waals surface area contributed by atoms with Crippen LogP contribution >= 0.6 is 0 Å². The first kappa shape index (κ1) is 14.4. The Balaban J connectivity index is 1.62. The van der Waals surface area contributed by atoms with Crippen molar-refractivity contribution in [2.24, 2.45) is 0 Å². The molecule has 0 saturated carbocycles. The smallest absolute Gasteiger partial charge is 0.292 e. The lowest BCUT2D eigenvalue weighted by molar-refractivity contribution is 0.0716. The van der Waals surface area contributed by atoms with E-state index >= 15 is 0 Å². The summed E-state index contributed by atoms with van der Waals surface area (Å²) in [4.78, 5) is 14.8. The standard InChI is InChI=1S/C17H19FN4O/c18-13-8-6-12(7-9-13)14-4-3-11-21(14)17(23)16-20-19-15-5-1-2-10-22(15)16/h6-9,14H,1-5,10-11H2/t14-/m0/s1. The highest BCUT2D eigenvalue weighted by Gasteiger charge is 2.34. The maximum Gasteiger partial charge on any atom is 0.292 e. The summed E-state index contributed by atoms with van der Waals surface area (Å²) in [5.74, 6) is 1.06. The summed E-state index contributed by atoms with van der Waals surface area (Å²) in [6.45, 7) is 1.53. The summed E-state index contributed by atoms with van der Waals surface area (Å²) in [6.07, 6.45) is 4.91. The maximum atomic E-state index is 13.1. The van der Waals surface area contributed by atoms with Gasteiger partial charge in [-0.05, 0) is 43.4 Å². The molecule has 3 heterocycles. The second kappa shape index (κ2) is 5.76. The van der Waals surface area contributed by atoms with Crippen LogP contribution in [-0.4, -0.2) is 32.1 Å². The van der Waals surface area contributed by atoms with Crippen LogP contribution in [0.15, 0.2) is 24.3 Å². The lowest BCUT2D eigenvalue weighted by Gasteiger charge is -2.25. The van der Waals surface area contributed by atoms with Gasteiger partial charge in [0.05, 0.1) is 6.04 Å². The van der Waals surface area contributed by atoms with Gasteiger partial charge in [-0.2, -0.15) is 0 Å². The molecule has 0 unspecified atom stereocenters. The van der Waals surface area contributed by atoms with Crippen molar-refractivity contribution in [1.29, 1.82) is 0 Å². The van der Waals surface area contributed by atoms with Crippen molar-refractivity contribution in [3.63, 3.8) is 0 Å². The molecule has 0 aliphatic carbocycles. The Bertz CT molecular complexity index is 725. The Kier molecular flexibility index (Phi) is 3.59. The molecule has 1 fully saturated rings. The highest BCUT2D eigenvalue weighted by atomic mass is 19.1. The van der Waals surface area contributed by atoms with E-state index in [0.29, 0.717) is 12.4 Å².